The van der Waals surface area contributed by atoms with E-state index in [0.717, 1.165) is 5.56 Å². The van der Waals surface area contributed by atoms with Crippen molar-refractivity contribution in [2.45, 2.75) is 18.6 Å². The summed E-state index contributed by atoms with van der Waals surface area (Å²) < 4.78 is 25.1. The van der Waals surface area contributed by atoms with Crippen molar-refractivity contribution in [2.75, 3.05) is 39.8 Å². The van der Waals surface area contributed by atoms with E-state index in [0.29, 0.717) is 78.6 Å². The van der Waals surface area contributed by atoms with Crippen LogP contribution in [0.1, 0.15) is 22.2 Å². The second-order valence-electron chi connectivity index (χ2n) is 12.0. The number of amidine groups is 1. The summed E-state index contributed by atoms with van der Waals surface area (Å²) in [4.78, 5) is 45.4. The van der Waals surface area contributed by atoms with Gasteiger partial charge in [0.1, 0.15) is 23.4 Å². The van der Waals surface area contributed by atoms with Gasteiger partial charge in [0.05, 0.1) is 25.3 Å². The molecule has 3 aromatic carbocycles. The number of ether oxygens (including phenoxy) is 2. The van der Waals surface area contributed by atoms with Crippen LogP contribution >= 0.6 is 22.9 Å². The van der Waals surface area contributed by atoms with Crippen LogP contribution in [0.3, 0.4) is 0 Å². The zero-order valence-electron chi connectivity index (χ0n) is 26.9. The number of rotatable bonds is 9. The summed E-state index contributed by atoms with van der Waals surface area (Å²) in [6.45, 7) is 10.2. The molecular weight excluding hydrogens is 681 g/mol. The minimum Gasteiger partial charge on any atom is -0.466 e. The van der Waals surface area contributed by atoms with Crippen molar-refractivity contribution in [2.24, 2.45) is 4.99 Å². The summed E-state index contributed by atoms with van der Waals surface area (Å²) in [5.41, 5.74) is 2.86. The van der Waals surface area contributed by atoms with Crippen molar-refractivity contribution >= 4 is 46.5 Å². The Morgan fingerprint density at radius 2 is 1.84 bits per heavy atom. The Balaban J connectivity index is 1.06. The second kappa shape index (κ2) is 14.3. The standard InChI is InChI=1S/C36H31ClFN7O4S/c1-39-24-6-10-27(11-7-24)49-26-8-3-22(4-9-26)18-44-20-25-19-43(14-15-45(25)36(44)47)21-30-31(35(46)48-2)32(28-12-5-23(38)17-29(28)37)42-33(41-30)34-40-13-16-50-34/h3-13,16-17,25,32H,14-15,18-21H2,2H3,(H,41,42)/t25-,32-/m0/s1. The summed E-state index contributed by atoms with van der Waals surface area (Å²) >= 11 is 7.90. The van der Waals surface area contributed by atoms with Gasteiger partial charge in [0.25, 0.3) is 0 Å². The number of halogens is 2. The maximum atomic E-state index is 14.0. The molecule has 3 aliphatic heterocycles. The lowest BCUT2D eigenvalue weighted by atomic mass is 9.95. The number of aliphatic imine (C=N–C) groups is 1. The fourth-order valence-electron chi connectivity index (χ4n) is 6.42. The van der Waals surface area contributed by atoms with Gasteiger partial charge in [-0.2, -0.15) is 0 Å². The summed E-state index contributed by atoms with van der Waals surface area (Å²) in [6, 6.07) is 17.7. The molecule has 50 heavy (non-hydrogen) atoms. The Morgan fingerprint density at radius 3 is 2.52 bits per heavy atom. The Hall–Kier alpha value is -5.29. The van der Waals surface area contributed by atoms with Crippen LogP contribution in [-0.2, 0) is 16.1 Å². The Morgan fingerprint density at radius 1 is 1.08 bits per heavy atom. The number of piperazine rings is 1. The van der Waals surface area contributed by atoms with Gasteiger partial charge in [0.2, 0.25) is 0 Å². The molecular formula is C36H31ClFN7O4S. The number of esters is 1. The molecule has 0 aliphatic carbocycles. The van der Waals surface area contributed by atoms with E-state index in [1.165, 1.54) is 36.6 Å². The summed E-state index contributed by atoms with van der Waals surface area (Å²) in [5, 5.41) is 5.95. The lowest BCUT2D eigenvalue weighted by Gasteiger charge is -2.38. The smallest absolute Gasteiger partial charge is 0.338 e. The van der Waals surface area contributed by atoms with Crippen molar-refractivity contribution in [1.29, 1.82) is 0 Å². The molecule has 4 heterocycles. The highest BCUT2D eigenvalue weighted by molar-refractivity contribution is 7.11. The number of carbonyl (C=O) groups excluding carboxylic acids is 2. The number of fused-ring (bicyclic) bond motifs is 1. The number of thiazole rings is 1. The molecule has 0 spiro atoms. The molecule has 0 unspecified atom stereocenters. The molecule has 7 rings (SSSR count). The van der Waals surface area contributed by atoms with Crippen LogP contribution in [0.15, 0.2) is 94.6 Å². The lowest BCUT2D eigenvalue weighted by molar-refractivity contribution is -0.136. The average Bonchev–Trinajstić information content (AvgIpc) is 3.77. The van der Waals surface area contributed by atoms with E-state index in [4.69, 9.17) is 32.6 Å². The highest BCUT2D eigenvalue weighted by Gasteiger charge is 2.41. The summed E-state index contributed by atoms with van der Waals surface area (Å²) in [6.07, 6.45) is 1.67. The van der Waals surface area contributed by atoms with Crippen molar-refractivity contribution in [3.8, 4) is 11.5 Å². The number of urea groups is 1. The fourth-order valence-corrected chi connectivity index (χ4v) is 7.28. The molecule has 4 aromatic rings. The van der Waals surface area contributed by atoms with Gasteiger partial charge in [-0.15, -0.1) is 11.3 Å². The molecule has 2 atom stereocenters. The first-order valence-corrected chi connectivity index (χ1v) is 17.1. The molecule has 2 fully saturated rings. The van der Waals surface area contributed by atoms with Gasteiger partial charge in [-0.1, -0.05) is 41.9 Å². The van der Waals surface area contributed by atoms with Gasteiger partial charge in [0, 0.05) is 67.1 Å². The molecule has 3 aliphatic rings. The van der Waals surface area contributed by atoms with Gasteiger partial charge >= 0.3 is 12.0 Å². The van der Waals surface area contributed by atoms with Crippen LogP contribution < -0.4 is 10.1 Å². The number of nitrogens with one attached hydrogen (secondary N) is 1. The minimum absolute atomic E-state index is 0.00987. The van der Waals surface area contributed by atoms with E-state index in [-0.39, 0.29) is 22.7 Å². The summed E-state index contributed by atoms with van der Waals surface area (Å²) in [5.74, 6) is 0.707. The second-order valence-corrected chi connectivity index (χ2v) is 13.3. The quantitative estimate of drug-likeness (QED) is 0.158. The van der Waals surface area contributed by atoms with E-state index in [9.17, 15) is 14.0 Å². The molecule has 11 nitrogen and oxygen atoms in total. The first-order valence-electron chi connectivity index (χ1n) is 15.8. The third-order valence-electron chi connectivity index (χ3n) is 8.82. The van der Waals surface area contributed by atoms with E-state index in [1.54, 1.807) is 30.5 Å². The molecule has 0 radical (unpaired) electrons. The highest BCUT2D eigenvalue weighted by Crippen LogP contribution is 2.37. The van der Waals surface area contributed by atoms with E-state index in [1.807, 2.05) is 39.4 Å². The fraction of sp³-hybridized carbons (Fsp3) is 0.250. The number of methoxy groups -OCH3 is 1. The van der Waals surface area contributed by atoms with E-state index < -0.39 is 17.8 Å². The molecule has 2 amide bonds. The van der Waals surface area contributed by atoms with Gasteiger partial charge in [0.15, 0.2) is 16.5 Å². The summed E-state index contributed by atoms with van der Waals surface area (Å²) in [7, 11) is 1.31. The van der Waals surface area contributed by atoms with Crippen LogP contribution in [0.5, 0.6) is 11.5 Å². The van der Waals surface area contributed by atoms with Crippen molar-refractivity contribution in [3.05, 3.63) is 128 Å². The Bertz CT molecular complexity index is 2020. The minimum atomic E-state index is -0.850. The first-order chi connectivity index (χ1) is 24.3. The Kier molecular flexibility index (Phi) is 9.49. The normalized spacial score (nSPS) is 19.1. The maximum Gasteiger partial charge on any atom is 0.338 e. The lowest BCUT2D eigenvalue weighted by Crippen LogP contribution is -2.53. The number of hydrogen-bond donors (Lipinski definition) is 1. The third-order valence-corrected chi connectivity index (χ3v) is 9.92. The largest absolute Gasteiger partial charge is 0.466 e. The van der Waals surface area contributed by atoms with Crippen LogP contribution in [0.2, 0.25) is 5.02 Å². The number of aromatic nitrogens is 1. The van der Waals surface area contributed by atoms with Crippen LogP contribution in [0, 0.1) is 12.4 Å². The SMILES string of the molecule is [C-]#[N+]c1ccc(Oc2ccc(CN3C[C@@H]4CN(CC5=C(C(=O)OC)[C@H](c6ccc(F)cc6Cl)N=C(c6nccs6)N5)CCN4C3=O)cc2)cc1. The third kappa shape index (κ3) is 6.91. The molecule has 0 bridgehead atoms. The van der Waals surface area contributed by atoms with Gasteiger partial charge in [-0.05, 0) is 42.0 Å². The van der Waals surface area contributed by atoms with Gasteiger partial charge in [-0.25, -0.2) is 23.8 Å². The Labute approximate surface area is 297 Å². The van der Waals surface area contributed by atoms with Crippen molar-refractivity contribution in [3.63, 3.8) is 0 Å². The molecule has 0 saturated carbocycles. The van der Waals surface area contributed by atoms with Crippen molar-refractivity contribution in [1.82, 2.24) is 25.0 Å². The number of benzene rings is 3. The monoisotopic (exact) mass is 711 g/mol. The molecule has 14 heteroatoms. The van der Waals surface area contributed by atoms with E-state index in [2.05, 4.69) is 20.0 Å². The van der Waals surface area contributed by atoms with Crippen LogP contribution in [0.25, 0.3) is 4.85 Å². The molecule has 1 N–H and O–H groups in total. The first kappa shape index (κ1) is 33.2. The number of hydrogen-bond acceptors (Lipinski definition) is 9. The average molecular weight is 712 g/mol. The predicted molar refractivity (Wildman–Crippen MR) is 187 cm³/mol. The van der Waals surface area contributed by atoms with Gasteiger partial charge in [-0.3, -0.25) is 9.89 Å². The molecule has 2 saturated heterocycles. The zero-order valence-corrected chi connectivity index (χ0v) is 28.5. The zero-order chi connectivity index (χ0) is 34.8. The van der Waals surface area contributed by atoms with E-state index >= 15 is 0 Å². The number of carbonyl (C=O) groups is 2. The van der Waals surface area contributed by atoms with Crippen LogP contribution in [-0.4, -0.2) is 83.4 Å². The number of amides is 2. The number of nitrogens with zero attached hydrogens (tertiary/aromatic N) is 6. The van der Waals surface area contributed by atoms with Crippen molar-refractivity contribution < 1.29 is 23.5 Å². The topological polar surface area (TPSA) is 104 Å². The van der Waals surface area contributed by atoms with Gasteiger partial charge < -0.3 is 24.6 Å². The maximum absolute atomic E-state index is 14.0. The molecule has 1 aromatic heterocycles. The highest BCUT2D eigenvalue weighted by atomic mass is 35.5. The predicted octanol–water partition coefficient (Wildman–Crippen LogP) is 6.42. The van der Waals surface area contributed by atoms with Crippen LogP contribution in [0.4, 0.5) is 14.9 Å². The molecule has 254 valence electrons.